The third-order valence-corrected chi connectivity index (χ3v) is 5.34. The predicted molar refractivity (Wildman–Crippen MR) is 93.6 cm³/mol. The SMILES string of the molecule is Cc1cc2cc3c(cc2nc1SCc1c(F)cccc1Cl)OCO3. The smallest absolute Gasteiger partial charge is 0.231 e. The molecule has 122 valence electrons. The van der Waals surface area contributed by atoms with Crippen molar-refractivity contribution in [3.8, 4) is 11.5 Å². The molecule has 6 heteroatoms. The number of benzene rings is 2. The van der Waals surface area contributed by atoms with E-state index in [2.05, 4.69) is 11.1 Å². The van der Waals surface area contributed by atoms with Gasteiger partial charge in [0.15, 0.2) is 11.5 Å². The van der Waals surface area contributed by atoms with Gasteiger partial charge in [0.1, 0.15) is 5.82 Å². The van der Waals surface area contributed by atoms with Crippen molar-refractivity contribution in [2.75, 3.05) is 6.79 Å². The molecule has 0 saturated heterocycles. The molecular formula is C18H13ClFNO2S. The summed E-state index contributed by atoms with van der Waals surface area (Å²) < 4.78 is 24.7. The number of fused-ring (bicyclic) bond motifs is 2. The highest BCUT2D eigenvalue weighted by atomic mass is 35.5. The van der Waals surface area contributed by atoms with E-state index in [1.54, 1.807) is 12.1 Å². The Kier molecular flexibility index (Phi) is 3.98. The molecule has 3 aromatic rings. The summed E-state index contributed by atoms with van der Waals surface area (Å²) >= 11 is 7.56. The maximum Gasteiger partial charge on any atom is 0.231 e. The maximum absolute atomic E-state index is 13.9. The van der Waals surface area contributed by atoms with Gasteiger partial charge in [0.05, 0.1) is 10.5 Å². The molecule has 0 bridgehead atoms. The van der Waals surface area contributed by atoms with Crippen LogP contribution in [0.2, 0.25) is 5.02 Å². The van der Waals surface area contributed by atoms with E-state index in [-0.39, 0.29) is 12.6 Å². The second-order valence-electron chi connectivity index (χ2n) is 5.50. The molecule has 3 nitrogen and oxygen atoms in total. The number of hydrogen-bond donors (Lipinski definition) is 0. The van der Waals surface area contributed by atoms with Crippen LogP contribution in [0.5, 0.6) is 11.5 Å². The highest BCUT2D eigenvalue weighted by Gasteiger charge is 2.16. The zero-order valence-electron chi connectivity index (χ0n) is 12.8. The van der Waals surface area contributed by atoms with Gasteiger partial charge >= 0.3 is 0 Å². The van der Waals surface area contributed by atoms with Crippen molar-refractivity contribution in [1.82, 2.24) is 4.98 Å². The lowest BCUT2D eigenvalue weighted by molar-refractivity contribution is 0.174. The number of hydrogen-bond acceptors (Lipinski definition) is 4. The summed E-state index contributed by atoms with van der Waals surface area (Å²) in [5, 5.41) is 2.27. The minimum Gasteiger partial charge on any atom is -0.454 e. The fourth-order valence-corrected chi connectivity index (χ4v) is 3.94. The Balaban J connectivity index is 1.67. The molecule has 2 aromatic carbocycles. The molecule has 4 rings (SSSR count). The van der Waals surface area contributed by atoms with Gasteiger partial charge in [-0.25, -0.2) is 9.37 Å². The Morgan fingerprint density at radius 2 is 2.00 bits per heavy atom. The summed E-state index contributed by atoms with van der Waals surface area (Å²) in [6.45, 7) is 2.22. The molecule has 0 aliphatic carbocycles. The normalized spacial score (nSPS) is 12.8. The highest BCUT2D eigenvalue weighted by molar-refractivity contribution is 7.98. The number of nitrogens with zero attached hydrogens (tertiary/aromatic N) is 1. The van der Waals surface area contributed by atoms with Crippen molar-refractivity contribution >= 4 is 34.3 Å². The molecule has 1 aliphatic heterocycles. The van der Waals surface area contributed by atoms with E-state index < -0.39 is 0 Å². The number of thioether (sulfide) groups is 1. The Labute approximate surface area is 147 Å². The van der Waals surface area contributed by atoms with Gasteiger partial charge in [-0.15, -0.1) is 11.8 Å². The molecule has 0 unspecified atom stereocenters. The van der Waals surface area contributed by atoms with Gasteiger partial charge in [0.2, 0.25) is 6.79 Å². The second kappa shape index (κ2) is 6.15. The van der Waals surface area contributed by atoms with E-state index in [0.717, 1.165) is 27.2 Å². The van der Waals surface area contributed by atoms with E-state index in [1.807, 2.05) is 19.1 Å². The Morgan fingerprint density at radius 3 is 2.79 bits per heavy atom. The number of aromatic nitrogens is 1. The summed E-state index contributed by atoms with van der Waals surface area (Å²) in [7, 11) is 0. The maximum atomic E-state index is 13.9. The average Bonchev–Trinajstić information content (AvgIpc) is 3.00. The quantitative estimate of drug-likeness (QED) is 0.588. The molecule has 0 saturated carbocycles. The van der Waals surface area contributed by atoms with Gasteiger partial charge in [-0.05, 0) is 36.8 Å². The third-order valence-electron chi connectivity index (χ3n) is 3.87. The molecular weight excluding hydrogens is 349 g/mol. The van der Waals surface area contributed by atoms with Crippen LogP contribution in [-0.2, 0) is 5.75 Å². The number of pyridine rings is 1. The second-order valence-corrected chi connectivity index (χ2v) is 6.87. The number of ether oxygens (including phenoxy) is 2. The predicted octanol–water partition coefficient (Wildman–Crippen LogP) is 5.36. The topological polar surface area (TPSA) is 31.4 Å². The van der Waals surface area contributed by atoms with Crippen molar-refractivity contribution in [1.29, 1.82) is 0 Å². The van der Waals surface area contributed by atoms with Crippen LogP contribution in [0.25, 0.3) is 10.9 Å². The molecule has 1 aliphatic rings. The fourth-order valence-electron chi connectivity index (χ4n) is 2.61. The molecule has 2 heterocycles. The van der Waals surface area contributed by atoms with Crippen LogP contribution in [0.15, 0.2) is 41.4 Å². The van der Waals surface area contributed by atoms with E-state index in [9.17, 15) is 4.39 Å². The molecule has 0 fully saturated rings. The lowest BCUT2D eigenvalue weighted by Crippen LogP contribution is -1.93. The third kappa shape index (κ3) is 2.78. The van der Waals surface area contributed by atoms with Gasteiger partial charge in [-0.2, -0.15) is 0 Å². The first-order chi connectivity index (χ1) is 11.6. The van der Waals surface area contributed by atoms with Crippen molar-refractivity contribution in [2.45, 2.75) is 17.7 Å². The molecule has 24 heavy (non-hydrogen) atoms. The Bertz CT molecular complexity index is 928. The number of rotatable bonds is 3. The summed E-state index contributed by atoms with van der Waals surface area (Å²) in [6, 6.07) is 10.6. The highest BCUT2D eigenvalue weighted by Crippen LogP contribution is 2.37. The first-order valence-corrected chi connectivity index (χ1v) is 8.75. The molecule has 0 atom stereocenters. The van der Waals surface area contributed by atoms with Crippen LogP contribution in [0.3, 0.4) is 0 Å². The average molecular weight is 362 g/mol. The summed E-state index contributed by atoms with van der Waals surface area (Å²) in [5.74, 6) is 1.57. The summed E-state index contributed by atoms with van der Waals surface area (Å²) in [6.07, 6.45) is 0. The molecule has 0 spiro atoms. The fraction of sp³-hybridized carbons (Fsp3) is 0.167. The zero-order chi connectivity index (χ0) is 16.7. The van der Waals surface area contributed by atoms with Crippen molar-refractivity contribution in [3.05, 3.63) is 58.4 Å². The summed E-state index contributed by atoms with van der Waals surface area (Å²) in [4.78, 5) is 4.69. The standard InChI is InChI=1S/C18H13ClFNO2S/c1-10-5-11-6-16-17(23-9-22-16)7-15(11)21-18(10)24-8-12-13(19)3-2-4-14(12)20/h2-7H,8-9H2,1H3. The van der Waals surface area contributed by atoms with Crippen molar-refractivity contribution in [3.63, 3.8) is 0 Å². The van der Waals surface area contributed by atoms with Crippen LogP contribution in [0, 0.1) is 12.7 Å². The summed E-state index contributed by atoms with van der Waals surface area (Å²) in [5.41, 5.74) is 2.35. The van der Waals surface area contributed by atoms with Gasteiger partial charge in [0.25, 0.3) is 0 Å². The lowest BCUT2D eigenvalue weighted by Gasteiger charge is -2.09. The first kappa shape index (κ1) is 15.5. The van der Waals surface area contributed by atoms with Crippen LogP contribution >= 0.6 is 23.4 Å². The van der Waals surface area contributed by atoms with E-state index in [0.29, 0.717) is 22.1 Å². The van der Waals surface area contributed by atoms with E-state index >= 15 is 0 Å². The Morgan fingerprint density at radius 1 is 1.21 bits per heavy atom. The van der Waals surface area contributed by atoms with E-state index in [4.69, 9.17) is 21.1 Å². The van der Waals surface area contributed by atoms with Crippen LogP contribution in [-0.4, -0.2) is 11.8 Å². The van der Waals surface area contributed by atoms with Gasteiger partial charge < -0.3 is 9.47 Å². The zero-order valence-corrected chi connectivity index (χ0v) is 14.4. The van der Waals surface area contributed by atoms with Crippen LogP contribution in [0.1, 0.15) is 11.1 Å². The van der Waals surface area contributed by atoms with Gasteiger partial charge in [0, 0.05) is 27.8 Å². The number of halogens is 2. The van der Waals surface area contributed by atoms with Crippen molar-refractivity contribution in [2.24, 2.45) is 0 Å². The minimum absolute atomic E-state index is 0.234. The largest absolute Gasteiger partial charge is 0.454 e. The van der Waals surface area contributed by atoms with Crippen molar-refractivity contribution < 1.29 is 13.9 Å². The van der Waals surface area contributed by atoms with Crippen LogP contribution in [0.4, 0.5) is 4.39 Å². The van der Waals surface area contributed by atoms with Crippen LogP contribution < -0.4 is 9.47 Å². The minimum atomic E-state index is -0.295. The van der Waals surface area contributed by atoms with Gasteiger partial charge in [-0.3, -0.25) is 0 Å². The first-order valence-electron chi connectivity index (χ1n) is 7.38. The molecule has 1 aromatic heterocycles. The van der Waals surface area contributed by atoms with E-state index in [1.165, 1.54) is 17.8 Å². The molecule has 0 amide bonds. The molecule has 0 radical (unpaired) electrons. The Hall–Kier alpha value is -1.98. The lowest BCUT2D eigenvalue weighted by atomic mass is 10.1. The molecule has 0 N–H and O–H groups in total. The monoisotopic (exact) mass is 361 g/mol. The van der Waals surface area contributed by atoms with Gasteiger partial charge in [-0.1, -0.05) is 17.7 Å². The number of aryl methyl sites for hydroxylation is 1.